The summed E-state index contributed by atoms with van der Waals surface area (Å²) in [6, 6.07) is 13.4. The lowest BCUT2D eigenvalue weighted by atomic mass is 10.1. The van der Waals surface area contributed by atoms with Gasteiger partial charge in [0.05, 0.1) is 22.6 Å². The van der Waals surface area contributed by atoms with Gasteiger partial charge in [-0.1, -0.05) is 24.3 Å². The van der Waals surface area contributed by atoms with E-state index in [0.717, 1.165) is 19.5 Å². The molecule has 1 fully saturated rings. The minimum absolute atomic E-state index is 0.00759. The number of rotatable bonds is 7. The number of carbonyl (C=O) groups is 1. The van der Waals surface area contributed by atoms with E-state index in [0.29, 0.717) is 28.7 Å². The summed E-state index contributed by atoms with van der Waals surface area (Å²) in [5.74, 6) is 0.419. The van der Waals surface area contributed by atoms with Crippen molar-refractivity contribution in [2.45, 2.75) is 18.3 Å². The zero-order valence-electron chi connectivity index (χ0n) is 14.2. The molecule has 1 aliphatic rings. The van der Waals surface area contributed by atoms with Gasteiger partial charge in [0.2, 0.25) is 0 Å². The number of hydrogen-bond acceptors (Lipinski definition) is 6. The number of thiol groups is 1. The number of nitro groups is 1. The third-order valence-electron chi connectivity index (χ3n) is 4.37. The van der Waals surface area contributed by atoms with E-state index in [4.69, 9.17) is 4.74 Å². The molecule has 0 bridgehead atoms. The number of likely N-dealkylation sites (tertiary alicyclic amines) is 1. The topological polar surface area (TPSA) is 72.7 Å². The lowest BCUT2D eigenvalue weighted by Gasteiger charge is -2.16. The quantitative estimate of drug-likeness (QED) is 0.349. The molecular formula is C19H20N2O4S. The van der Waals surface area contributed by atoms with Crippen LogP contribution in [0.25, 0.3) is 0 Å². The molecule has 0 aromatic heterocycles. The zero-order chi connectivity index (χ0) is 18.5. The maximum Gasteiger partial charge on any atom is 0.276 e. The number of carbonyl (C=O) groups excluding carboxylic acids is 1. The molecule has 0 amide bonds. The van der Waals surface area contributed by atoms with Crippen molar-refractivity contribution >= 4 is 24.1 Å². The highest BCUT2D eigenvalue weighted by atomic mass is 32.1. The molecule has 1 heterocycles. The molecule has 2 aromatic rings. The van der Waals surface area contributed by atoms with Crippen LogP contribution in [0.4, 0.5) is 5.69 Å². The summed E-state index contributed by atoms with van der Waals surface area (Å²) in [7, 11) is 0. The highest BCUT2D eigenvalue weighted by molar-refractivity contribution is 7.81. The Hall–Kier alpha value is -2.38. The number of Topliss-reactive ketones (excluding diaryl/α,β-unsaturated/α-hetero) is 1. The Morgan fingerprint density at radius 3 is 2.69 bits per heavy atom. The van der Waals surface area contributed by atoms with Crippen LogP contribution in [-0.4, -0.2) is 40.5 Å². The second-order valence-electron chi connectivity index (χ2n) is 6.27. The summed E-state index contributed by atoms with van der Waals surface area (Å²) in [4.78, 5) is 25.4. The molecular weight excluding hydrogens is 352 g/mol. The van der Waals surface area contributed by atoms with Crippen LogP contribution in [0.15, 0.2) is 48.5 Å². The average Bonchev–Trinajstić information content (AvgIpc) is 3.05. The third kappa shape index (κ3) is 4.42. The summed E-state index contributed by atoms with van der Waals surface area (Å²) >= 11 is 4.45. The van der Waals surface area contributed by atoms with E-state index < -0.39 is 4.92 Å². The molecule has 2 aromatic carbocycles. The lowest BCUT2D eigenvalue weighted by Crippen LogP contribution is -2.28. The molecule has 0 aliphatic carbocycles. The number of nitro benzene ring substituents is 1. The molecule has 7 heteroatoms. The maximum atomic E-state index is 12.7. The SMILES string of the molecule is O=C(CN1CCC(S)C1)c1ccccc1OCc1ccccc1[N+](=O)[O-]. The van der Waals surface area contributed by atoms with Gasteiger partial charge in [0.15, 0.2) is 5.78 Å². The van der Waals surface area contributed by atoms with E-state index in [1.165, 1.54) is 6.07 Å². The van der Waals surface area contributed by atoms with Crippen LogP contribution in [0.1, 0.15) is 22.3 Å². The van der Waals surface area contributed by atoms with Crippen LogP contribution in [0.5, 0.6) is 5.75 Å². The highest BCUT2D eigenvalue weighted by Gasteiger charge is 2.23. The first-order valence-electron chi connectivity index (χ1n) is 8.42. The minimum atomic E-state index is -0.434. The summed E-state index contributed by atoms with van der Waals surface area (Å²) < 4.78 is 5.76. The second kappa shape index (κ2) is 8.33. The van der Waals surface area contributed by atoms with Gasteiger partial charge in [-0.05, 0) is 31.2 Å². The van der Waals surface area contributed by atoms with Crippen molar-refractivity contribution in [2.24, 2.45) is 0 Å². The predicted octanol–water partition coefficient (Wildman–Crippen LogP) is 3.36. The van der Waals surface area contributed by atoms with Crippen LogP contribution in [-0.2, 0) is 6.61 Å². The molecule has 26 heavy (non-hydrogen) atoms. The Morgan fingerprint density at radius 1 is 1.23 bits per heavy atom. The Balaban J connectivity index is 1.71. The molecule has 0 spiro atoms. The number of para-hydroxylation sites is 2. The zero-order valence-corrected chi connectivity index (χ0v) is 15.1. The molecule has 1 saturated heterocycles. The van der Waals surface area contributed by atoms with Gasteiger partial charge in [-0.15, -0.1) is 0 Å². The van der Waals surface area contributed by atoms with Crippen molar-refractivity contribution in [3.63, 3.8) is 0 Å². The van der Waals surface area contributed by atoms with Crippen LogP contribution in [0.3, 0.4) is 0 Å². The molecule has 6 nitrogen and oxygen atoms in total. The van der Waals surface area contributed by atoms with Crippen LogP contribution in [0.2, 0.25) is 0 Å². The van der Waals surface area contributed by atoms with Crippen molar-refractivity contribution in [3.05, 3.63) is 69.8 Å². The van der Waals surface area contributed by atoms with Crippen molar-refractivity contribution in [1.82, 2.24) is 4.90 Å². The van der Waals surface area contributed by atoms with Gasteiger partial charge in [-0.3, -0.25) is 19.8 Å². The van der Waals surface area contributed by atoms with Crippen LogP contribution < -0.4 is 4.74 Å². The molecule has 1 unspecified atom stereocenters. The summed E-state index contributed by atoms with van der Waals surface area (Å²) in [5, 5.41) is 11.4. The first kappa shape index (κ1) is 18.4. The van der Waals surface area contributed by atoms with Crippen LogP contribution in [0, 0.1) is 10.1 Å². The molecule has 1 aliphatic heterocycles. The van der Waals surface area contributed by atoms with E-state index in [2.05, 4.69) is 17.5 Å². The van der Waals surface area contributed by atoms with Crippen molar-refractivity contribution in [2.75, 3.05) is 19.6 Å². The van der Waals surface area contributed by atoms with Gasteiger partial charge in [0.1, 0.15) is 12.4 Å². The number of nitrogens with zero attached hydrogens (tertiary/aromatic N) is 2. The van der Waals surface area contributed by atoms with Gasteiger partial charge in [-0.25, -0.2) is 0 Å². The lowest BCUT2D eigenvalue weighted by molar-refractivity contribution is -0.385. The van der Waals surface area contributed by atoms with Crippen molar-refractivity contribution in [1.29, 1.82) is 0 Å². The van der Waals surface area contributed by atoms with E-state index >= 15 is 0 Å². The summed E-state index contributed by atoms with van der Waals surface area (Å²) in [5.41, 5.74) is 0.971. The Morgan fingerprint density at radius 2 is 1.96 bits per heavy atom. The molecule has 0 radical (unpaired) electrons. The Bertz CT molecular complexity index is 812. The molecule has 0 N–H and O–H groups in total. The normalized spacial score (nSPS) is 17.2. The second-order valence-corrected chi connectivity index (χ2v) is 7.00. The van der Waals surface area contributed by atoms with Gasteiger partial charge in [0, 0.05) is 17.9 Å². The number of ketones is 1. The van der Waals surface area contributed by atoms with E-state index in [1.54, 1.807) is 42.5 Å². The van der Waals surface area contributed by atoms with Crippen LogP contribution >= 0.6 is 12.6 Å². The maximum absolute atomic E-state index is 12.7. The van der Waals surface area contributed by atoms with Gasteiger partial charge < -0.3 is 4.74 Å². The third-order valence-corrected chi connectivity index (χ3v) is 4.80. The van der Waals surface area contributed by atoms with Gasteiger partial charge in [-0.2, -0.15) is 12.6 Å². The molecule has 0 saturated carbocycles. The fourth-order valence-corrected chi connectivity index (χ4v) is 3.38. The number of ether oxygens (including phenoxy) is 1. The number of hydrogen-bond donors (Lipinski definition) is 1. The fourth-order valence-electron chi connectivity index (χ4n) is 3.03. The van der Waals surface area contributed by atoms with E-state index in [-0.39, 0.29) is 18.1 Å². The Labute approximate surface area is 157 Å². The first-order valence-corrected chi connectivity index (χ1v) is 8.94. The smallest absolute Gasteiger partial charge is 0.276 e. The summed E-state index contributed by atoms with van der Waals surface area (Å²) in [6.45, 7) is 2.01. The van der Waals surface area contributed by atoms with Crippen molar-refractivity contribution in [3.8, 4) is 5.75 Å². The highest BCUT2D eigenvalue weighted by Crippen LogP contribution is 2.24. The molecule has 3 rings (SSSR count). The Kier molecular flexibility index (Phi) is 5.90. The monoisotopic (exact) mass is 372 g/mol. The standard InChI is InChI=1S/C19H20N2O4S/c22-18(12-20-10-9-15(26)11-20)16-6-2-4-8-19(16)25-13-14-5-1-3-7-17(14)21(23)24/h1-8,15,26H,9-13H2. The predicted molar refractivity (Wildman–Crippen MR) is 102 cm³/mol. The van der Waals surface area contributed by atoms with E-state index in [9.17, 15) is 14.9 Å². The number of benzene rings is 2. The largest absolute Gasteiger partial charge is 0.488 e. The van der Waals surface area contributed by atoms with Crippen molar-refractivity contribution < 1.29 is 14.5 Å². The molecule has 136 valence electrons. The first-order chi connectivity index (χ1) is 12.5. The van der Waals surface area contributed by atoms with E-state index in [1.807, 2.05) is 0 Å². The average molecular weight is 372 g/mol. The van der Waals surface area contributed by atoms with Gasteiger partial charge in [0.25, 0.3) is 5.69 Å². The minimum Gasteiger partial charge on any atom is -0.488 e. The summed E-state index contributed by atoms with van der Waals surface area (Å²) in [6.07, 6.45) is 0.978. The molecule has 1 atom stereocenters. The fraction of sp³-hybridized carbons (Fsp3) is 0.316. The van der Waals surface area contributed by atoms with Gasteiger partial charge >= 0.3 is 0 Å².